The van der Waals surface area contributed by atoms with Crippen LogP contribution in [0.5, 0.6) is 5.75 Å². The predicted molar refractivity (Wildman–Crippen MR) is 64.0 cm³/mol. The van der Waals surface area contributed by atoms with E-state index in [1.807, 2.05) is 0 Å². The van der Waals surface area contributed by atoms with Crippen molar-refractivity contribution in [3.63, 3.8) is 0 Å². The second-order valence-electron chi connectivity index (χ2n) is 4.29. The van der Waals surface area contributed by atoms with E-state index in [0.717, 1.165) is 12.1 Å². The number of halogens is 3. The van der Waals surface area contributed by atoms with Crippen LogP contribution in [0.15, 0.2) is 18.2 Å². The van der Waals surface area contributed by atoms with E-state index in [9.17, 15) is 13.2 Å². The van der Waals surface area contributed by atoms with Crippen molar-refractivity contribution in [2.45, 2.75) is 19.0 Å². The minimum Gasteiger partial charge on any atom is -0.496 e. The Hall–Kier alpha value is -1.27. The first-order valence-corrected chi connectivity index (χ1v) is 5.88. The van der Waals surface area contributed by atoms with Crippen LogP contribution in [-0.4, -0.2) is 30.5 Å². The zero-order valence-corrected chi connectivity index (χ0v) is 10.6. The molecule has 0 aliphatic rings. The molecule has 0 aliphatic heterocycles. The van der Waals surface area contributed by atoms with Gasteiger partial charge in [0.05, 0.1) is 12.7 Å². The normalized spacial score (nSPS) is 11.9. The number of aliphatic hydroxyl groups is 2. The third kappa shape index (κ3) is 4.40. The quantitative estimate of drug-likeness (QED) is 0.839. The molecule has 0 amide bonds. The number of aryl methyl sites for hydroxylation is 1. The number of alkyl halides is 3. The van der Waals surface area contributed by atoms with E-state index < -0.39 is 11.7 Å². The summed E-state index contributed by atoms with van der Waals surface area (Å²) in [7, 11) is 1.39. The fourth-order valence-electron chi connectivity index (χ4n) is 1.75. The number of aliphatic hydroxyl groups excluding tert-OH is 2. The largest absolute Gasteiger partial charge is 0.496 e. The predicted octanol–water partition coefficient (Wildman–Crippen LogP) is 2.25. The van der Waals surface area contributed by atoms with Crippen molar-refractivity contribution < 1.29 is 28.1 Å². The van der Waals surface area contributed by atoms with Gasteiger partial charge in [0.2, 0.25) is 0 Å². The molecule has 2 N–H and O–H groups in total. The molecule has 0 spiro atoms. The molecule has 6 heteroatoms. The molecule has 1 aromatic carbocycles. The summed E-state index contributed by atoms with van der Waals surface area (Å²) >= 11 is 0. The molecule has 0 saturated carbocycles. The highest BCUT2D eigenvalue weighted by Crippen LogP contribution is 2.33. The maximum Gasteiger partial charge on any atom is 0.416 e. The summed E-state index contributed by atoms with van der Waals surface area (Å²) in [6.07, 6.45) is -3.70. The summed E-state index contributed by atoms with van der Waals surface area (Å²) in [4.78, 5) is 0. The maximum absolute atomic E-state index is 12.6. The third-order valence-corrected chi connectivity index (χ3v) is 2.95. The highest BCUT2D eigenvalue weighted by atomic mass is 19.4. The fraction of sp³-hybridized carbons (Fsp3) is 0.538. The van der Waals surface area contributed by atoms with Crippen LogP contribution in [0.3, 0.4) is 0 Å². The maximum atomic E-state index is 12.6. The van der Waals surface area contributed by atoms with Crippen LogP contribution in [-0.2, 0) is 12.6 Å². The van der Waals surface area contributed by atoms with Gasteiger partial charge >= 0.3 is 6.18 Å². The van der Waals surface area contributed by atoms with Crippen LogP contribution in [0.25, 0.3) is 0 Å². The van der Waals surface area contributed by atoms with Crippen molar-refractivity contribution in [3.05, 3.63) is 29.3 Å². The third-order valence-electron chi connectivity index (χ3n) is 2.95. The molecule has 3 nitrogen and oxygen atoms in total. The van der Waals surface area contributed by atoms with Gasteiger partial charge in [0.1, 0.15) is 5.75 Å². The Bertz CT molecular complexity index is 401. The number of hydrogen-bond donors (Lipinski definition) is 2. The van der Waals surface area contributed by atoms with Crippen molar-refractivity contribution >= 4 is 0 Å². The van der Waals surface area contributed by atoms with E-state index in [1.165, 1.54) is 13.2 Å². The summed E-state index contributed by atoms with van der Waals surface area (Å²) in [6, 6.07) is 3.30. The van der Waals surface area contributed by atoms with Crippen molar-refractivity contribution in [2.75, 3.05) is 20.3 Å². The van der Waals surface area contributed by atoms with Gasteiger partial charge in [-0.3, -0.25) is 0 Å². The first-order chi connectivity index (χ1) is 8.92. The number of methoxy groups -OCH3 is 1. The number of rotatable bonds is 6. The molecule has 19 heavy (non-hydrogen) atoms. The lowest BCUT2D eigenvalue weighted by molar-refractivity contribution is -0.137. The van der Waals surface area contributed by atoms with Gasteiger partial charge in [0.25, 0.3) is 0 Å². The lowest BCUT2D eigenvalue weighted by Gasteiger charge is -2.15. The zero-order chi connectivity index (χ0) is 14.5. The second kappa shape index (κ2) is 6.77. The lowest BCUT2D eigenvalue weighted by Crippen LogP contribution is -2.12. The van der Waals surface area contributed by atoms with Gasteiger partial charge in [-0.05, 0) is 36.6 Å². The molecule has 108 valence electrons. The molecule has 0 saturated heterocycles. The SMILES string of the molecule is COc1ccc(C(F)(F)F)cc1CCC(CO)CO. The molecule has 1 rings (SSSR count). The molecule has 0 fully saturated rings. The highest BCUT2D eigenvalue weighted by molar-refractivity contribution is 5.38. The molecule has 0 aromatic heterocycles. The molecule has 0 aliphatic carbocycles. The van der Waals surface area contributed by atoms with Gasteiger partial charge in [-0.1, -0.05) is 0 Å². The minimum absolute atomic E-state index is 0.197. The minimum atomic E-state index is -4.39. The summed E-state index contributed by atoms with van der Waals surface area (Å²) in [6.45, 7) is -0.393. The van der Waals surface area contributed by atoms with Gasteiger partial charge in [-0.15, -0.1) is 0 Å². The summed E-state index contributed by atoms with van der Waals surface area (Å²) in [5.74, 6) is 0.0434. The Morgan fingerprint density at radius 2 is 1.84 bits per heavy atom. The van der Waals surface area contributed by atoms with Crippen LogP contribution in [0, 0.1) is 5.92 Å². The van der Waals surface area contributed by atoms with Gasteiger partial charge in [-0.25, -0.2) is 0 Å². The topological polar surface area (TPSA) is 49.7 Å². The lowest BCUT2D eigenvalue weighted by atomic mass is 9.98. The van der Waals surface area contributed by atoms with Crippen LogP contribution < -0.4 is 4.74 Å². The van der Waals surface area contributed by atoms with E-state index in [4.69, 9.17) is 14.9 Å². The molecule has 0 bridgehead atoms. The summed E-state index contributed by atoms with van der Waals surface area (Å²) in [5.41, 5.74) is -0.308. The van der Waals surface area contributed by atoms with Gasteiger partial charge in [-0.2, -0.15) is 13.2 Å². The molecule has 0 heterocycles. The van der Waals surface area contributed by atoms with Crippen molar-refractivity contribution in [2.24, 2.45) is 5.92 Å². The standard InChI is InChI=1S/C13H17F3O3/c1-19-12-5-4-11(13(14,15)16)6-10(12)3-2-9(7-17)8-18/h4-6,9,17-18H,2-3,7-8H2,1H3. The van der Waals surface area contributed by atoms with Gasteiger partial charge in [0.15, 0.2) is 0 Å². The van der Waals surface area contributed by atoms with Crippen molar-refractivity contribution in [3.8, 4) is 5.75 Å². The first kappa shape index (κ1) is 15.8. The Balaban J connectivity index is 2.90. The fourth-order valence-corrected chi connectivity index (χ4v) is 1.75. The number of benzene rings is 1. The monoisotopic (exact) mass is 278 g/mol. The van der Waals surface area contributed by atoms with Crippen molar-refractivity contribution in [1.82, 2.24) is 0 Å². The Morgan fingerprint density at radius 1 is 1.21 bits per heavy atom. The van der Waals surface area contributed by atoms with E-state index in [0.29, 0.717) is 24.2 Å². The Morgan fingerprint density at radius 3 is 2.32 bits per heavy atom. The second-order valence-corrected chi connectivity index (χ2v) is 4.29. The molecule has 1 aromatic rings. The highest BCUT2D eigenvalue weighted by Gasteiger charge is 2.31. The van der Waals surface area contributed by atoms with Crippen LogP contribution in [0.4, 0.5) is 13.2 Å². The average molecular weight is 278 g/mol. The smallest absolute Gasteiger partial charge is 0.416 e. The van der Waals surface area contributed by atoms with Crippen LogP contribution in [0.2, 0.25) is 0 Å². The zero-order valence-electron chi connectivity index (χ0n) is 10.6. The van der Waals surface area contributed by atoms with E-state index in [1.54, 1.807) is 0 Å². The first-order valence-electron chi connectivity index (χ1n) is 5.88. The molecule has 0 unspecified atom stereocenters. The molecule has 0 atom stereocenters. The van der Waals surface area contributed by atoms with E-state index in [2.05, 4.69) is 0 Å². The summed E-state index contributed by atoms with van der Waals surface area (Å²) in [5, 5.41) is 17.9. The van der Waals surface area contributed by atoms with Gasteiger partial charge in [0, 0.05) is 19.1 Å². The Kier molecular flexibility index (Phi) is 5.62. The van der Waals surface area contributed by atoms with E-state index in [-0.39, 0.29) is 19.1 Å². The Labute approximate surface area is 109 Å². The molecular formula is C13H17F3O3. The van der Waals surface area contributed by atoms with Crippen LogP contribution in [0.1, 0.15) is 17.5 Å². The molecule has 0 radical (unpaired) electrons. The number of hydrogen-bond acceptors (Lipinski definition) is 3. The van der Waals surface area contributed by atoms with Gasteiger partial charge < -0.3 is 14.9 Å². The van der Waals surface area contributed by atoms with E-state index >= 15 is 0 Å². The average Bonchev–Trinajstić information content (AvgIpc) is 2.38. The molecular weight excluding hydrogens is 261 g/mol. The van der Waals surface area contributed by atoms with Crippen molar-refractivity contribution in [1.29, 1.82) is 0 Å². The number of ether oxygens (including phenoxy) is 1. The summed E-state index contributed by atoms with van der Waals surface area (Å²) < 4.78 is 42.9. The van der Waals surface area contributed by atoms with Crippen LogP contribution >= 0.6 is 0 Å².